The van der Waals surface area contributed by atoms with Crippen LogP contribution < -0.4 is 5.32 Å². The highest BCUT2D eigenvalue weighted by atomic mass is 16.4. The van der Waals surface area contributed by atoms with Crippen molar-refractivity contribution < 1.29 is 30.0 Å². The number of carboxylic acid groups (broad SMARTS) is 1. The van der Waals surface area contributed by atoms with Crippen LogP contribution in [0.1, 0.15) is 84.1 Å². The minimum absolute atomic E-state index is 0.0477. The van der Waals surface area contributed by atoms with Crippen molar-refractivity contribution in [2.24, 2.45) is 46.3 Å². The molecule has 1 amide bonds. The number of benzene rings is 1. The molecule has 0 radical (unpaired) electrons. The molecule has 222 valence electrons. The van der Waals surface area contributed by atoms with E-state index >= 15 is 0 Å². The van der Waals surface area contributed by atoms with Gasteiger partial charge in [0.15, 0.2) is 0 Å². The number of carboxylic acids is 1. The summed E-state index contributed by atoms with van der Waals surface area (Å²) in [5.74, 6) is 0.195. The van der Waals surface area contributed by atoms with E-state index in [9.17, 15) is 30.0 Å². The van der Waals surface area contributed by atoms with Crippen LogP contribution in [0.3, 0.4) is 0 Å². The van der Waals surface area contributed by atoms with Crippen molar-refractivity contribution in [3.8, 4) is 0 Å². The Morgan fingerprint density at radius 1 is 0.925 bits per heavy atom. The summed E-state index contributed by atoms with van der Waals surface area (Å²) in [5, 5.41) is 45.5. The van der Waals surface area contributed by atoms with Crippen molar-refractivity contribution in [3.63, 3.8) is 0 Å². The largest absolute Gasteiger partial charge is 0.480 e. The molecule has 4 fully saturated rings. The Balaban J connectivity index is 1.22. The molecule has 40 heavy (non-hydrogen) atoms. The molecular formula is C33H49NO6. The van der Waals surface area contributed by atoms with Gasteiger partial charge in [0, 0.05) is 12.8 Å². The van der Waals surface area contributed by atoms with Gasteiger partial charge >= 0.3 is 5.97 Å². The van der Waals surface area contributed by atoms with E-state index in [1.54, 1.807) is 0 Å². The summed E-state index contributed by atoms with van der Waals surface area (Å²) in [4.78, 5) is 24.6. The number of nitrogens with one attached hydrogen (secondary N) is 1. The highest BCUT2D eigenvalue weighted by molar-refractivity contribution is 5.83. The molecule has 4 aliphatic rings. The SMILES string of the molecule is CC(CCC(=O)NC(Cc1ccccc1)C(=O)O)C1CCC2C3C(O)C(O)C4CC(O)CCC4(C)C3CCC12C. The summed E-state index contributed by atoms with van der Waals surface area (Å²) in [6, 6.07) is 8.42. The van der Waals surface area contributed by atoms with Crippen LogP contribution in [0, 0.1) is 46.3 Å². The van der Waals surface area contributed by atoms with E-state index in [0.717, 1.165) is 44.1 Å². The maximum Gasteiger partial charge on any atom is 0.326 e. The third-order valence-corrected chi connectivity index (χ3v) is 12.2. The normalized spacial score (nSPS) is 42.1. The van der Waals surface area contributed by atoms with Crippen molar-refractivity contribution in [3.05, 3.63) is 35.9 Å². The quantitative estimate of drug-likeness (QED) is 0.328. The minimum Gasteiger partial charge on any atom is -0.480 e. The highest BCUT2D eigenvalue weighted by Crippen LogP contribution is 2.68. The molecular weight excluding hydrogens is 506 g/mol. The molecule has 1 aromatic carbocycles. The van der Waals surface area contributed by atoms with Crippen LogP contribution in [0.15, 0.2) is 30.3 Å². The number of rotatable bonds is 8. The molecule has 0 aromatic heterocycles. The van der Waals surface area contributed by atoms with E-state index in [2.05, 4.69) is 26.1 Å². The summed E-state index contributed by atoms with van der Waals surface area (Å²) in [7, 11) is 0. The number of hydrogen-bond donors (Lipinski definition) is 5. The second kappa shape index (κ2) is 11.4. The molecule has 7 heteroatoms. The molecule has 1 aromatic rings. The summed E-state index contributed by atoms with van der Waals surface area (Å²) in [5.41, 5.74) is 0.877. The fraction of sp³-hybridized carbons (Fsp3) is 0.758. The molecule has 0 heterocycles. The highest BCUT2D eigenvalue weighted by Gasteiger charge is 2.65. The van der Waals surface area contributed by atoms with E-state index < -0.39 is 24.2 Å². The number of aliphatic carboxylic acids is 1. The second-order valence-electron chi connectivity index (χ2n) is 14.2. The average molecular weight is 556 g/mol. The van der Waals surface area contributed by atoms with E-state index in [4.69, 9.17) is 0 Å². The number of aliphatic hydroxyl groups is 3. The second-order valence-corrected chi connectivity index (χ2v) is 14.2. The molecule has 5 rings (SSSR count). The van der Waals surface area contributed by atoms with Crippen molar-refractivity contribution in [1.82, 2.24) is 5.32 Å². The fourth-order valence-corrected chi connectivity index (χ4v) is 10.1. The Labute approximate surface area is 238 Å². The molecule has 4 aliphatic carbocycles. The lowest BCUT2D eigenvalue weighted by Crippen LogP contribution is -2.64. The first-order chi connectivity index (χ1) is 19.0. The van der Waals surface area contributed by atoms with Gasteiger partial charge in [0.25, 0.3) is 0 Å². The molecule has 4 saturated carbocycles. The Morgan fingerprint density at radius 2 is 1.60 bits per heavy atom. The predicted octanol–water partition coefficient (Wildman–Crippen LogP) is 4.18. The van der Waals surface area contributed by atoms with Crippen molar-refractivity contribution in [2.75, 3.05) is 0 Å². The Hall–Kier alpha value is -1.96. The first-order valence-electron chi connectivity index (χ1n) is 15.6. The van der Waals surface area contributed by atoms with Crippen LogP contribution in [0.25, 0.3) is 0 Å². The number of carbonyl (C=O) groups is 2. The minimum atomic E-state index is -1.02. The van der Waals surface area contributed by atoms with Crippen LogP contribution in [-0.4, -0.2) is 56.7 Å². The molecule has 0 spiro atoms. The molecule has 7 nitrogen and oxygen atoms in total. The predicted molar refractivity (Wildman–Crippen MR) is 152 cm³/mol. The van der Waals surface area contributed by atoms with Crippen LogP contribution >= 0.6 is 0 Å². The van der Waals surface area contributed by atoms with Crippen molar-refractivity contribution >= 4 is 11.9 Å². The van der Waals surface area contributed by atoms with E-state index in [0.29, 0.717) is 42.9 Å². The van der Waals surface area contributed by atoms with Gasteiger partial charge in [-0.15, -0.1) is 0 Å². The Morgan fingerprint density at radius 3 is 2.30 bits per heavy atom. The molecule has 12 atom stereocenters. The van der Waals surface area contributed by atoms with Gasteiger partial charge in [-0.05, 0) is 103 Å². The molecule has 0 aliphatic heterocycles. The summed E-state index contributed by atoms with van der Waals surface area (Å²) in [6.07, 6.45) is 5.80. The maximum absolute atomic E-state index is 12.8. The molecule has 0 saturated heterocycles. The zero-order valence-electron chi connectivity index (χ0n) is 24.3. The third kappa shape index (κ3) is 5.22. The first kappa shape index (κ1) is 29.5. The first-order valence-corrected chi connectivity index (χ1v) is 15.6. The molecule has 0 bridgehead atoms. The summed E-state index contributed by atoms with van der Waals surface area (Å²) in [6.45, 7) is 6.90. The van der Waals surface area contributed by atoms with Crippen LogP contribution in [0.5, 0.6) is 0 Å². The van der Waals surface area contributed by atoms with Crippen molar-refractivity contribution in [2.45, 2.75) is 109 Å². The lowest BCUT2D eigenvalue weighted by molar-refractivity contribution is -0.223. The number of aliphatic hydroxyl groups excluding tert-OH is 3. The third-order valence-electron chi connectivity index (χ3n) is 12.2. The Bertz CT molecular complexity index is 1060. The van der Waals surface area contributed by atoms with Crippen LogP contribution in [-0.2, 0) is 16.0 Å². The lowest BCUT2D eigenvalue weighted by Gasteiger charge is -2.63. The fourth-order valence-electron chi connectivity index (χ4n) is 10.1. The average Bonchev–Trinajstić information content (AvgIpc) is 3.28. The van der Waals surface area contributed by atoms with E-state index in [1.807, 2.05) is 30.3 Å². The summed E-state index contributed by atoms with van der Waals surface area (Å²) >= 11 is 0. The van der Waals surface area contributed by atoms with Gasteiger partial charge in [0.2, 0.25) is 5.91 Å². The number of fused-ring (bicyclic) bond motifs is 5. The van der Waals surface area contributed by atoms with Gasteiger partial charge in [0.1, 0.15) is 6.04 Å². The summed E-state index contributed by atoms with van der Waals surface area (Å²) < 4.78 is 0. The monoisotopic (exact) mass is 555 g/mol. The van der Waals surface area contributed by atoms with Gasteiger partial charge in [0.05, 0.1) is 18.3 Å². The standard InChI is InChI=1S/C33H49NO6/c1-19(9-12-27(36)34-26(31(39)40)17-20-7-5-4-6-8-20)22-10-11-23-28-24(14-16-32(22,23)2)33(3)15-13-21(35)18-25(33)29(37)30(28)38/h4-8,19,21-26,28-30,35,37-38H,9-18H2,1-3H3,(H,34,36)(H,39,40). The van der Waals surface area contributed by atoms with Gasteiger partial charge in [-0.2, -0.15) is 0 Å². The topological polar surface area (TPSA) is 127 Å². The number of amides is 1. The zero-order valence-corrected chi connectivity index (χ0v) is 24.3. The zero-order chi connectivity index (χ0) is 28.8. The van der Waals surface area contributed by atoms with Crippen LogP contribution in [0.2, 0.25) is 0 Å². The van der Waals surface area contributed by atoms with Gasteiger partial charge in [-0.1, -0.05) is 51.1 Å². The smallest absolute Gasteiger partial charge is 0.326 e. The number of carbonyl (C=O) groups excluding carboxylic acids is 1. The van der Waals surface area contributed by atoms with E-state index in [1.165, 1.54) is 0 Å². The van der Waals surface area contributed by atoms with Gasteiger partial charge < -0.3 is 25.7 Å². The van der Waals surface area contributed by atoms with E-state index in [-0.39, 0.29) is 41.1 Å². The molecule has 12 unspecified atom stereocenters. The Kier molecular flexibility index (Phi) is 8.40. The lowest BCUT2D eigenvalue weighted by atomic mass is 9.43. The number of hydrogen-bond acceptors (Lipinski definition) is 5. The van der Waals surface area contributed by atoms with Gasteiger partial charge in [-0.25, -0.2) is 4.79 Å². The maximum atomic E-state index is 12.8. The molecule has 5 N–H and O–H groups in total. The van der Waals surface area contributed by atoms with Gasteiger partial charge in [-0.3, -0.25) is 4.79 Å². The van der Waals surface area contributed by atoms with Crippen molar-refractivity contribution in [1.29, 1.82) is 0 Å². The van der Waals surface area contributed by atoms with Crippen LogP contribution in [0.4, 0.5) is 0 Å².